The van der Waals surface area contributed by atoms with Crippen LogP contribution in [-0.4, -0.2) is 15.3 Å². The van der Waals surface area contributed by atoms with E-state index in [0.29, 0.717) is 11.3 Å². The van der Waals surface area contributed by atoms with Crippen LogP contribution in [0.4, 0.5) is 4.39 Å². The summed E-state index contributed by atoms with van der Waals surface area (Å²) in [6, 6.07) is 11.7. The van der Waals surface area contributed by atoms with Gasteiger partial charge in [-0.2, -0.15) is 0 Å². The number of hydrogen-bond acceptors (Lipinski definition) is 2. The predicted octanol–water partition coefficient (Wildman–Crippen LogP) is 3.03. The molecule has 3 aromatic rings. The molecule has 0 saturated heterocycles. The molecule has 1 aromatic carbocycles. The van der Waals surface area contributed by atoms with Crippen LogP contribution in [0.1, 0.15) is 11.3 Å². The molecule has 4 rings (SSSR count). The highest BCUT2D eigenvalue weighted by Crippen LogP contribution is 2.22. The summed E-state index contributed by atoms with van der Waals surface area (Å²) in [5.41, 5.74) is 3.61. The minimum absolute atomic E-state index is 0.185. The van der Waals surface area contributed by atoms with E-state index in [9.17, 15) is 9.18 Å². The number of nitrogens with zero attached hydrogens (tertiary/aromatic N) is 2. The maximum absolute atomic E-state index is 13.0. The fraction of sp³-hybridized carbons (Fsp3) is 0. The Hall–Kier alpha value is -3.21. The van der Waals surface area contributed by atoms with Crippen LogP contribution in [0, 0.1) is 5.82 Å². The van der Waals surface area contributed by atoms with E-state index in [0.717, 1.165) is 16.9 Å². The number of aromatic nitrogens is 2. The quantitative estimate of drug-likeness (QED) is 0.740. The van der Waals surface area contributed by atoms with Gasteiger partial charge < -0.3 is 9.72 Å². The zero-order chi connectivity index (χ0) is 15.8. The average Bonchev–Trinajstić information content (AvgIpc) is 3.13. The summed E-state index contributed by atoms with van der Waals surface area (Å²) < 4.78 is 14.9. The molecular formula is C18H12FN3O. The normalized spacial score (nSPS) is 16.0. The molecule has 0 unspecified atom stereocenters. The van der Waals surface area contributed by atoms with Gasteiger partial charge >= 0.3 is 0 Å². The number of imidazole rings is 1. The van der Waals surface area contributed by atoms with Crippen LogP contribution >= 0.6 is 0 Å². The fourth-order valence-electron chi connectivity index (χ4n) is 2.56. The largest absolute Gasteiger partial charge is 0.321 e. The number of rotatable bonds is 2. The van der Waals surface area contributed by atoms with Crippen LogP contribution in [0.25, 0.3) is 17.4 Å². The van der Waals surface area contributed by atoms with Gasteiger partial charge in [0.2, 0.25) is 0 Å². The Labute approximate surface area is 131 Å². The van der Waals surface area contributed by atoms with E-state index in [-0.39, 0.29) is 11.7 Å². The number of carbonyl (C=O) groups is 1. The van der Waals surface area contributed by atoms with Crippen LogP contribution in [-0.2, 0) is 4.79 Å². The Morgan fingerprint density at radius 2 is 1.96 bits per heavy atom. The Morgan fingerprint density at radius 1 is 1.13 bits per heavy atom. The Kier molecular flexibility index (Phi) is 3.05. The summed E-state index contributed by atoms with van der Waals surface area (Å²) in [6.07, 6.45) is 7.16. The molecule has 1 aliphatic heterocycles. The van der Waals surface area contributed by atoms with Crippen LogP contribution in [0.2, 0.25) is 0 Å². The number of hydrogen-bond donors (Lipinski definition) is 1. The van der Waals surface area contributed by atoms with Crippen molar-refractivity contribution in [1.82, 2.24) is 14.7 Å². The third-order valence-corrected chi connectivity index (χ3v) is 3.71. The molecule has 0 fully saturated rings. The number of halogens is 1. The lowest BCUT2D eigenvalue weighted by molar-refractivity contribution is -0.115. The van der Waals surface area contributed by atoms with Gasteiger partial charge in [-0.15, -0.1) is 0 Å². The van der Waals surface area contributed by atoms with Gasteiger partial charge in [-0.05, 0) is 54.1 Å². The molecule has 5 heteroatoms. The zero-order valence-corrected chi connectivity index (χ0v) is 12.0. The van der Waals surface area contributed by atoms with Crippen molar-refractivity contribution in [1.29, 1.82) is 0 Å². The molecule has 0 spiro atoms. The molecule has 23 heavy (non-hydrogen) atoms. The predicted molar refractivity (Wildman–Crippen MR) is 85.7 cm³/mol. The maximum Gasteiger partial charge on any atom is 0.255 e. The van der Waals surface area contributed by atoms with Gasteiger partial charge in [0, 0.05) is 17.5 Å². The average molecular weight is 305 g/mol. The molecule has 0 saturated carbocycles. The molecule has 0 radical (unpaired) electrons. The van der Waals surface area contributed by atoms with Crippen LogP contribution < -0.4 is 5.32 Å². The molecule has 2 aromatic heterocycles. The molecule has 0 atom stereocenters. The monoisotopic (exact) mass is 305 g/mol. The standard InChI is InChI=1S/C18H12FN3O/c19-14-6-4-12(5-7-14)16-10-13(18(23)21-16)9-15-11-20-17-3-1-2-8-22(15)17/h1-11H,(H,21,23)/b13-9+. The molecule has 4 nitrogen and oxygen atoms in total. The molecule has 0 bridgehead atoms. The van der Waals surface area contributed by atoms with E-state index < -0.39 is 0 Å². The first-order valence-corrected chi connectivity index (χ1v) is 7.13. The summed E-state index contributed by atoms with van der Waals surface area (Å²) in [4.78, 5) is 16.4. The molecule has 112 valence electrons. The van der Waals surface area contributed by atoms with Crippen molar-refractivity contribution in [3.63, 3.8) is 0 Å². The van der Waals surface area contributed by atoms with E-state index in [1.54, 1.807) is 30.5 Å². The summed E-state index contributed by atoms with van der Waals surface area (Å²) in [5.74, 6) is -0.490. The van der Waals surface area contributed by atoms with Crippen molar-refractivity contribution in [2.45, 2.75) is 0 Å². The highest BCUT2D eigenvalue weighted by Gasteiger charge is 2.19. The summed E-state index contributed by atoms with van der Waals surface area (Å²) in [6.45, 7) is 0. The van der Waals surface area contributed by atoms with Crippen LogP contribution in [0.3, 0.4) is 0 Å². The van der Waals surface area contributed by atoms with Crippen molar-refractivity contribution in [3.8, 4) is 0 Å². The molecule has 1 N–H and O–H groups in total. The topological polar surface area (TPSA) is 46.4 Å². The third-order valence-electron chi connectivity index (χ3n) is 3.71. The van der Waals surface area contributed by atoms with Crippen LogP contribution in [0.15, 0.2) is 66.5 Å². The molecule has 0 aliphatic carbocycles. The summed E-state index contributed by atoms with van der Waals surface area (Å²) >= 11 is 0. The summed E-state index contributed by atoms with van der Waals surface area (Å²) in [5, 5.41) is 2.80. The summed E-state index contributed by atoms with van der Waals surface area (Å²) in [7, 11) is 0. The second-order valence-electron chi connectivity index (χ2n) is 5.23. The third kappa shape index (κ3) is 2.42. The highest BCUT2D eigenvalue weighted by molar-refractivity contribution is 6.10. The second-order valence-corrected chi connectivity index (χ2v) is 5.23. The molecule has 3 heterocycles. The van der Waals surface area contributed by atoms with Gasteiger partial charge in [0.1, 0.15) is 11.5 Å². The maximum atomic E-state index is 13.0. The number of pyridine rings is 1. The van der Waals surface area contributed by atoms with Crippen molar-refractivity contribution in [2.24, 2.45) is 0 Å². The second kappa shape index (κ2) is 5.21. The lowest BCUT2D eigenvalue weighted by atomic mass is 10.1. The Morgan fingerprint density at radius 3 is 2.78 bits per heavy atom. The van der Waals surface area contributed by atoms with Gasteiger partial charge in [0.15, 0.2) is 0 Å². The van der Waals surface area contributed by atoms with Gasteiger partial charge in [-0.3, -0.25) is 4.79 Å². The first-order valence-electron chi connectivity index (χ1n) is 7.13. The zero-order valence-electron chi connectivity index (χ0n) is 12.0. The van der Waals surface area contributed by atoms with Crippen molar-refractivity contribution >= 4 is 23.3 Å². The number of benzene rings is 1. The number of carbonyl (C=O) groups excluding carboxylic acids is 1. The molecular weight excluding hydrogens is 293 g/mol. The highest BCUT2D eigenvalue weighted by atomic mass is 19.1. The van der Waals surface area contributed by atoms with Crippen molar-refractivity contribution < 1.29 is 9.18 Å². The first kappa shape index (κ1) is 13.5. The van der Waals surface area contributed by atoms with E-state index >= 15 is 0 Å². The Balaban J connectivity index is 1.73. The minimum atomic E-state index is -0.305. The number of nitrogens with one attached hydrogen (secondary N) is 1. The van der Waals surface area contributed by atoms with E-state index in [2.05, 4.69) is 10.3 Å². The van der Waals surface area contributed by atoms with Gasteiger partial charge in [-0.1, -0.05) is 6.07 Å². The smallest absolute Gasteiger partial charge is 0.255 e. The SMILES string of the molecule is O=C1NC(c2ccc(F)cc2)=C/C1=C\c1cnc2ccccn12. The minimum Gasteiger partial charge on any atom is -0.321 e. The Bertz CT molecular complexity index is 967. The van der Waals surface area contributed by atoms with Gasteiger partial charge in [0.25, 0.3) is 5.91 Å². The first-order chi connectivity index (χ1) is 11.2. The molecule has 1 aliphatic rings. The van der Waals surface area contributed by atoms with E-state index in [1.807, 2.05) is 28.8 Å². The number of fused-ring (bicyclic) bond motifs is 1. The molecule has 1 amide bonds. The lowest BCUT2D eigenvalue weighted by Crippen LogP contribution is -2.15. The van der Waals surface area contributed by atoms with E-state index in [1.165, 1.54) is 12.1 Å². The lowest BCUT2D eigenvalue weighted by Gasteiger charge is -2.01. The van der Waals surface area contributed by atoms with E-state index in [4.69, 9.17) is 0 Å². The van der Waals surface area contributed by atoms with Crippen molar-refractivity contribution in [3.05, 3.63) is 83.6 Å². The van der Waals surface area contributed by atoms with Crippen molar-refractivity contribution in [2.75, 3.05) is 0 Å². The van der Waals surface area contributed by atoms with Crippen LogP contribution in [0.5, 0.6) is 0 Å². The van der Waals surface area contributed by atoms with Gasteiger partial charge in [-0.25, -0.2) is 9.37 Å². The number of amides is 1. The fourth-order valence-corrected chi connectivity index (χ4v) is 2.56. The van der Waals surface area contributed by atoms with Gasteiger partial charge in [0.05, 0.1) is 11.9 Å².